The smallest absolute Gasteiger partial charge is 0.370 e. The first-order chi connectivity index (χ1) is 8.76. The molecule has 1 aromatic rings. The van der Waals surface area contributed by atoms with Gasteiger partial charge in [-0.15, -0.1) is 0 Å². The molecule has 0 spiro atoms. The van der Waals surface area contributed by atoms with Gasteiger partial charge in [0.1, 0.15) is 18.2 Å². The Labute approximate surface area is 106 Å². The third kappa shape index (κ3) is 4.41. The third-order valence-corrected chi connectivity index (χ3v) is 2.42. The first-order valence-electron chi connectivity index (χ1n) is 5.31. The van der Waals surface area contributed by atoms with Crippen LogP contribution in [0.15, 0.2) is 12.1 Å². The zero-order chi connectivity index (χ0) is 14.6. The lowest BCUT2D eigenvalue weighted by atomic mass is 10.0. The van der Waals surface area contributed by atoms with Crippen LogP contribution < -0.4 is 11.3 Å². The van der Waals surface area contributed by atoms with E-state index in [0.29, 0.717) is 0 Å². The summed E-state index contributed by atoms with van der Waals surface area (Å²) in [6.07, 6.45) is -4.51. The van der Waals surface area contributed by atoms with Crippen molar-refractivity contribution in [2.45, 2.75) is 19.1 Å². The number of aryl methyl sites for hydroxylation is 1. The molecule has 0 aliphatic rings. The molecule has 108 valence electrons. The highest BCUT2D eigenvalue weighted by molar-refractivity contribution is 5.29. The molecule has 0 bridgehead atoms. The van der Waals surface area contributed by atoms with Crippen LogP contribution in [0.2, 0.25) is 0 Å². The van der Waals surface area contributed by atoms with E-state index in [2.05, 4.69) is 4.74 Å². The van der Waals surface area contributed by atoms with Crippen LogP contribution in [0.1, 0.15) is 17.2 Å². The molecule has 3 nitrogen and oxygen atoms in total. The van der Waals surface area contributed by atoms with E-state index in [1.807, 2.05) is 5.43 Å². The fourth-order valence-electron chi connectivity index (χ4n) is 1.51. The van der Waals surface area contributed by atoms with Gasteiger partial charge in [0.25, 0.3) is 0 Å². The standard InChI is InChI=1S/C11H13F5N2O/c1-6-2-3-7(12)9(10(6)13)8(18-17)4-19-5-11(14,15)16/h2-3,8,18H,4-5,17H2,1H3. The summed E-state index contributed by atoms with van der Waals surface area (Å²) in [5, 5.41) is 0. The van der Waals surface area contributed by atoms with Gasteiger partial charge < -0.3 is 4.74 Å². The van der Waals surface area contributed by atoms with Crippen molar-refractivity contribution in [3.8, 4) is 0 Å². The molecule has 1 unspecified atom stereocenters. The zero-order valence-corrected chi connectivity index (χ0v) is 10.0. The maximum absolute atomic E-state index is 13.7. The average Bonchev–Trinajstić information content (AvgIpc) is 2.31. The van der Waals surface area contributed by atoms with Gasteiger partial charge in [0.15, 0.2) is 0 Å². The number of rotatable bonds is 5. The van der Waals surface area contributed by atoms with E-state index in [1.165, 1.54) is 13.0 Å². The molecule has 1 rings (SSSR count). The van der Waals surface area contributed by atoms with E-state index >= 15 is 0 Å². The molecule has 0 radical (unpaired) electrons. The van der Waals surface area contributed by atoms with Gasteiger partial charge in [0.05, 0.1) is 12.6 Å². The Morgan fingerprint density at radius 1 is 1.32 bits per heavy atom. The quantitative estimate of drug-likeness (QED) is 0.496. The predicted octanol–water partition coefficient (Wildman–Crippen LogP) is 2.36. The molecule has 0 aromatic heterocycles. The first kappa shape index (κ1) is 15.8. The molecule has 0 aliphatic heterocycles. The Bertz CT molecular complexity index is 436. The number of halogens is 5. The number of nitrogens with one attached hydrogen (secondary N) is 1. The van der Waals surface area contributed by atoms with E-state index in [-0.39, 0.29) is 5.56 Å². The second-order valence-corrected chi connectivity index (χ2v) is 3.94. The van der Waals surface area contributed by atoms with Crippen molar-refractivity contribution >= 4 is 0 Å². The number of hydrogen-bond donors (Lipinski definition) is 2. The summed E-state index contributed by atoms with van der Waals surface area (Å²) < 4.78 is 67.3. The maximum Gasteiger partial charge on any atom is 0.411 e. The predicted molar refractivity (Wildman–Crippen MR) is 58.0 cm³/mol. The highest BCUT2D eigenvalue weighted by Crippen LogP contribution is 2.24. The van der Waals surface area contributed by atoms with Crippen LogP contribution >= 0.6 is 0 Å². The molecule has 0 fully saturated rings. The van der Waals surface area contributed by atoms with Crippen molar-refractivity contribution < 1.29 is 26.7 Å². The third-order valence-electron chi connectivity index (χ3n) is 2.42. The normalized spacial score (nSPS) is 13.6. The van der Waals surface area contributed by atoms with E-state index < -0.39 is 42.6 Å². The van der Waals surface area contributed by atoms with Gasteiger partial charge in [-0.3, -0.25) is 11.3 Å². The molecule has 3 N–H and O–H groups in total. The van der Waals surface area contributed by atoms with Crippen LogP contribution in [-0.2, 0) is 4.74 Å². The van der Waals surface area contributed by atoms with Gasteiger partial charge in [0, 0.05) is 5.56 Å². The van der Waals surface area contributed by atoms with Crippen LogP contribution in [0.25, 0.3) is 0 Å². The van der Waals surface area contributed by atoms with Crippen molar-refractivity contribution in [3.05, 3.63) is 34.9 Å². The lowest BCUT2D eigenvalue weighted by Gasteiger charge is -2.19. The largest absolute Gasteiger partial charge is 0.411 e. The Morgan fingerprint density at radius 3 is 2.47 bits per heavy atom. The summed E-state index contributed by atoms with van der Waals surface area (Å²) >= 11 is 0. The highest BCUT2D eigenvalue weighted by atomic mass is 19.4. The Morgan fingerprint density at radius 2 is 1.95 bits per heavy atom. The fourth-order valence-corrected chi connectivity index (χ4v) is 1.51. The number of ether oxygens (including phenoxy) is 1. The van der Waals surface area contributed by atoms with Crippen LogP contribution in [0, 0.1) is 18.6 Å². The molecule has 0 aliphatic carbocycles. The van der Waals surface area contributed by atoms with Gasteiger partial charge in [0.2, 0.25) is 0 Å². The van der Waals surface area contributed by atoms with Crippen molar-refractivity contribution in [1.29, 1.82) is 0 Å². The molecule has 1 aromatic carbocycles. The number of alkyl halides is 3. The Hall–Kier alpha value is -1.25. The number of nitrogens with two attached hydrogens (primary N) is 1. The minimum Gasteiger partial charge on any atom is -0.370 e. The van der Waals surface area contributed by atoms with E-state index in [0.717, 1.165) is 6.07 Å². The van der Waals surface area contributed by atoms with E-state index in [1.54, 1.807) is 0 Å². The second-order valence-electron chi connectivity index (χ2n) is 3.94. The minimum atomic E-state index is -4.51. The van der Waals surface area contributed by atoms with Crippen LogP contribution in [0.5, 0.6) is 0 Å². The average molecular weight is 284 g/mol. The van der Waals surface area contributed by atoms with Gasteiger partial charge >= 0.3 is 6.18 Å². The van der Waals surface area contributed by atoms with Crippen LogP contribution in [0.3, 0.4) is 0 Å². The SMILES string of the molecule is Cc1ccc(F)c(C(COCC(F)(F)F)NN)c1F. The number of hydrazine groups is 1. The lowest BCUT2D eigenvalue weighted by Crippen LogP contribution is -2.34. The van der Waals surface area contributed by atoms with Crippen molar-refractivity contribution in [2.75, 3.05) is 13.2 Å². The zero-order valence-electron chi connectivity index (χ0n) is 10.0. The van der Waals surface area contributed by atoms with Crippen molar-refractivity contribution in [3.63, 3.8) is 0 Å². The molecule has 0 amide bonds. The molecule has 0 saturated heterocycles. The van der Waals surface area contributed by atoms with E-state index in [9.17, 15) is 22.0 Å². The molecular weight excluding hydrogens is 271 g/mol. The van der Waals surface area contributed by atoms with Gasteiger partial charge in [-0.2, -0.15) is 13.2 Å². The van der Waals surface area contributed by atoms with Gasteiger partial charge in [-0.1, -0.05) is 6.07 Å². The molecule has 1 atom stereocenters. The van der Waals surface area contributed by atoms with Crippen LogP contribution in [0.4, 0.5) is 22.0 Å². The summed E-state index contributed by atoms with van der Waals surface area (Å²) in [4.78, 5) is 0. The highest BCUT2D eigenvalue weighted by Gasteiger charge is 2.29. The summed E-state index contributed by atoms with van der Waals surface area (Å²) in [5.74, 6) is 3.33. The first-order valence-corrected chi connectivity index (χ1v) is 5.31. The van der Waals surface area contributed by atoms with Crippen LogP contribution in [-0.4, -0.2) is 19.4 Å². The lowest BCUT2D eigenvalue weighted by molar-refractivity contribution is -0.175. The molecule has 19 heavy (non-hydrogen) atoms. The molecule has 0 heterocycles. The summed E-state index contributed by atoms with van der Waals surface area (Å²) in [7, 11) is 0. The maximum atomic E-state index is 13.7. The molecular formula is C11H13F5N2O. The number of hydrogen-bond acceptors (Lipinski definition) is 3. The monoisotopic (exact) mass is 284 g/mol. The van der Waals surface area contributed by atoms with Crippen molar-refractivity contribution in [1.82, 2.24) is 5.43 Å². The molecule has 8 heteroatoms. The Kier molecular flexibility index (Phi) is 5.21. The van der Waals surface area contributed by atoms with Gasteiger partial charge in [-0.05, 0) is 18.6 Å². The van der Waals surface area contributed by atoms with E-state index in [4.69, 9.17) is 5.84 Å². The minimum absolute atomic E-state index is 0.160. The number of benzene rings is 1. The summed E-state index contributed by atoms with van der Waals surface area (Å²) in [5.41, 5.74) is 1.76. The second kappa shape index (κ2) is 6.27. The molecule has 0 saturated carbocycles. The fraction of sp³-hybridized carbons (Fsp3) is 0.455. The Balaban J connectivity index is 2.83. The summed E-state index contributed by atoms with van der Waals surface area (Å²) in [6, 6.07) is 1.03. The topological polar surface area (TPSA) is 47.3 Å². The van der Waals surface area contributed by atoms with Gasteiger partial charge in [-0.25, -0.2) is 8.78 Å². The van der Waals surface area contributed by atoms with Crippen molar-refractivity contribution in [2.24, 2.45) is 5.84 Å². The summed E-state index contributed by atoms with van der Waals surface area (Å²) in [6.45, 7) is -0.712.